The van der Waals surface area contributed by atoms with Gasteiger partial charge in [0.05, 0.1) is 0 Å². The van der Waals surface area contributed by atoms with E-state index >= 15 is 0 Å². The Balaban J connectivity index is 3.17. The summed E-state index contributed by atoms with van der Waals surface area (Å²) in [7, 11) is 1.72. The molecule has 0 radical (unpaired) electrons. The Morgan fingerprint density at radius 1 is 1.44 bits per heavy atom. The maximum Gasteiger partial charge on any atom is 0.143 e. The topological polar surface area (TPSA) is 0 Å². The third-order valence-electron chi connectivity index (χ3n) is 1.16. The van der Waals surface area contributed by atoms with Crippen molar-refractivity contribution in [2.45, 2.75) is 4.90 Å². The fourth-order valence-electron chi connectivity index (χ4n) is 0.582. The van der Waals surface area contributed by atoms with Gasteiger partial charge in [-0.3, -0.25) is 0 Å². The van der Waals surface area contributed by atoms with Crippen LogP contribution in [0.15, 0.2) is 23.1 Å². The molecule has 0 bridgehead atoms. The first-order valence-corrected chi connectivity index (χ1v) is 3.10. The van der Waals surface area contributed by atoms with E-state index in [1.165, 1.54) is 6.07 Å². The van der Waals surface area contributed by atoms with Crippen molar-refractivity contribution in [2.24, 2.45) is 0 Å². The fourth-order valence-corrected chi connectivity index (χ4v) is 0.770. The Labute approximate surface area is 59.9 Å². The molecule has 0 unspecified atom stereocenters. The molecule has 3 heteroatoms. The SMILES string of the molecule is Bc1ccc(S)cc1F. The molecule has 0 N–H and O–H groups in total. The summed E-state index contributed by atoms with van der Waals surface area (Å²) in [5, 5.41) is 0. The van der Waals surface area contributed by atoms with Crippen LogP contribution in [0.2, 0.25) is 0 Å². The van der Waals surface area contributed by atoms with Crippen LogP contribution in [0.5, 0.6) is 0 Å². The Kier molecular flexibility index (Phi) is 1.81. The highest BCUT2D eigenvalue weighted by Gasteiger charge is 1.93. The van der Waals surface area contributed by atoms with Crippen molar-refractivity contribution in [1.82, 2.24) is 0 Å². The van der Waals surface area contributed by atoms with Crippen LogP contribution in [-0.2, 0) is 0 Å². The van der Waals surface area contributed by atoms with Gasteiger partial charge in [-0.25, -0.2) is 4.39 Å². The molecule has 1 aromatic rings. The molecule has 1 aromatic carbocycles. The average molecular weight is 140 g/mol. The number of rotatable bonds is 0. The lowest BCUT2D eigenvalue weighted by Crippen LogP contribution is -2.06. The monoisotopic (exact) mass is 140 g/mol. The lowest BCUT2D eigenvalue weighted by Gasteiger charge is -1.94. The van der Waals surface area contributed by atoms with Crippen LogP contribution in [0, 0.1) is 5.82 Å². The molecule has 0 fully saturated rings. The number of benzene rings is 1. The van der Waals surface area contributed by atoms with Gasteiger partial charge in [-0.2, -0.15) is 0 Å². The molecule has 46 valence electrons. The second-order valence-corrected chi connectivity index (χ2v) is 2.45. The largest absolute Gasteiger partial charge is 0.208 e. The zero-order valence-corrected chi connectivity index (χ0v) is 5.95. The lowest BCUT2D eigenvalue weighted by molar-refractivity contribution is 0.633. The normalized spacial score (nSPS) is 9.56. The molecule has 0 saturated carbocycles. The minimum atomic E-state index is -0.192. The molecule has 0 aliphatic carbocycles. The summed E-state index contributed by atoms with van der Waals surface area (Å²) in [4.78, 5) is 0.665. The Morgan fingerprint density at radius 3 is 2.56 bits per heavy atom. The van der Waals surface area contributed by atoms with Gasteiger partial charge in [0.2, 0.25) is 0 Å². The summed E-state index contributed by atoms with van der Waals surface area (Å²) in [5.74, 6) is -0.192. The summed E-state index contributed by atoms with van der Waals surface area (Å²) >= 11 is 3.96. The Bertz CT molecular complexity index is 224. The first-order valence-electron chi connectivity index (χ1n) is 2.65. The summed E-state index contributed by atoms with van der Waals surface area (Å²) in [6.45, 7) is 0. The second kappa shape index (κ2) is 2.44. The standard InChI is InChI=1S/C6H6BFS/c7-5-2-1-4(9)3-6(5)8/h1-3,9H,7H2. The maximum absolute atomic E-state index is 12.5. The van der Waals surface area contributed by atoms with Crippen LogP contribution >= 0.6 is 12.6 Å². The second-order valence-electron chi connectivity index (χ2n) is 1.93. The van der Waals surface area contributed by atoms with Crippen molar-refractivity contribution in [3.8, 4) is 0 Å². The molecule has 0 saturated heterocycles. The van der Waals surface area contributed by atoms with E-state index in [1.807, 2.05) is 0 Å². The molecule has 0 aromatic heterocycles. The summed E-state index contributed by atoms with van der Waals surface area (Å²) in [5.41, 5.74) is 0.660. The molecule has 0 amide bonds. The quantitative estimate of drug-likeness (QED) is 0.390. The summed E-state index contributed by atoms with van der Waals surface area (Å²) in [6.07, 6.45) is 0. The van der Waals surface area contributed by atoms with Gasteiger partial charge >= 0.3 is 0 Å². The van der Waals surface area contributed by atoms with Gasteiger partial charge < -0.3 is 0 Å². The highest BCUT2D eigenvalue weighted by atomic mass is 32.1. The van der Waals surface area contributed by atoms with Crippen molar-refractivity contribution in [3.05, 3.63) is 24.0 Å². The predicted molar refractivity (Wildman–Crippen MR) is 41.8 cm³/mol. The van der Waals surface area contributed by atoms with Gasteiger partial charge in [0.15, 0.2) is 0 Å². The van der Waals surface area contributed by atoms with Crippen LogP contribution in [-0.4, -0.2) is 7.85 Å². The molecule has 0 aliphatic rings. The predicted octanol–water partition coefficient (Wildman–Crippen LogP) is 0.373. The van der Waals surface area contributed by atoms with E-state index in [2.05, 4.69) is 12.6 Å². The fraction of sp³-hybridized carbons (Fsp3) is 0. The lowest BCUT2D eigenvalue weighted by atomic mass is 9.96. The molecular weight excluding hydrogens is 134 g/mol. The van der Waals surface area contributed by atoms with Crippen molar-refractivity contribution < 1.29 is 4.39 Å². The van der Waals surface area contributed by atoms with E-state index in [0.717, 1.165) is 0 Å². The number of hydrogen-bond donors (Lipinski definition) is 1. The van der Waals surface area contributed by atoms with Crippen molar-refractivity contribution in [1.29, 1.82) is 0 Å². The van der Waals surface area contributed by atoms with Gasteiger partial charge in [-0.05, 0) is 12.1 Å². The molecular formula is C6H6BFS. The molecule has 0 nitrogen and oxygen atoms in total. The highest BCUT2D eigenvalue weighted by Crippen LogP contribution is 2.04. The maximum atomic E-state index is 12.5. The van der Waals surface area contributed by atoms with E-state index < -0.39 is 0 Å². The molecule has 9 heavy (non-hydrogen) atoms. The number of hydrogen-bond acceptors (Lipinski definition) is 1. The minimum Gasteiger partial charge on any atom is -0.208 e. The van der Waals surface area contributed by atoms with E-state index in [-0.39, 0.29) is 5.82 Å². The van der Waals surface area contributed by atoms with E-state index in [0.29, 0.717) is 10.4 Å². The highest BCUT2D eigenvalue weighted by molar-refractivity contribution is 7.80. The van der Waals surface area contributed by atoms with Crippen LogP contribution in [0.25, 0.3) is 0 Å². The Morgan fingerprint density at radius 2 is 2.11 bits per heavy atom. The molecule has 1 rings (SSSR count). The molecule has 0 heterocycles. The first kappa shape index (κ1) is 6.68. The van der Waals surface area contributed by atoms with Gasteiger partial charge in [0.1, 0.15) is 13.7 Å². The first-order chi connectivity index (χ1) is 4.20. The van der Waals surface area contributed by atoms with Crippen molar-refractivity contribution >= 4 is 25.9 Å². The Hall–Kier alpha value is -0.435. The van der Waals surface area contributed by atoms with Crippen LogP contribution in [0.3, 0.4) is 0 Å². The third kappa shape index (κ3) is 1.48. The van der Waals surface area contributed by atoms with Crippen LogP contribution < -0.4 is 5.46 Å². The van der Waals surface area contributed by atoms with Crippen LogP contribution in [0.4, 0.5) is 4.39 Å². The smallest absolute Gasteiger partial charge is 0.143 e. The number of thiol groups is 1. The summed E-state index contributed by atoms with van der Waals surface area (Å²) in [6, 6.07) is 4.87. The third-order valence-corrected chi connectivity index (χ3v) is 1.43. The molecule has 0 spiro atoms. The van der Waals surface area contributed by atoms with E-state index in [4.69, 9.17) is 0 Å². The van der Waals surface area contributed by atoms with Crippen LogP contribution in [0.1, 0.15) is 0 Å². The van der Waals surface area contributed by atoms with E-state index in [1.54, 1.807) is 20.0 Å². The van der Waals surface area contributed by atoms with E-state index in [9.17, 15) is 4.39 Å². The zero-order chi connectivity index (χ0) is 6.85. The average Bonchev–Trinajstić information content (AvgIpc) is 1.80. The molecule has 0 atom stereocenters. The van der Waals surface area contributed by atoms with Crippen molar-refractivity contribution in [2.75, 3.05) is 0 Å². The summed E-state index contributed by atoms with van der Waals surface area (Å²) < 4.78 is 12.5. The van der Waals surface area contributed by atoms with Gasteiger partial charge in [-0.1, -0.05) is 11.5 Å². The minimum absolute atomic E-state index is 0.192. The zero-order valence-electron chi connectivity index (χ0n) is 5.06. The van der Waals surface area contributed by atoms with Gasteiger partial charge in [0, 0.05) is 4.90 Å². The molecule has 0 aliphatic heterocycles. The van der Waals surface area contributed by atoms with Gasteiger partial charge in [0.25, 0.3) is 0 Å². The number of halogens is 1. The van der Waals surface area contributed by atoms with Gasteiger partial charge in [-0.15, -0.1) is 12.6 Å². The van der Waals surface area contributed by atoms with Crippen molar-refractivity contribution in [3.63, 3.8) is 0 Å².